The van der Waals surface area contributed by atoms with E-state index < -0.39 is 0 Å². The van der Waals surface area contributed by atoms with E-state index in [9.17, 15) is 9.90 Å². The molecule has 2 aromatic rings. The molecule has 1 amide bonds. The van der Waals surface area contributed by atoms with Crippen LogP contribution in [0, 0.1) is 0 Å². The lowest BCUT2D eigenvalue weighted by Crippen LogP contribution is -2.04. The molecule has 1 aromatic carbocycles. The van der Waals surface area contributed by atoms with Gasteiger partial charge in [0, 0.05) is 17.3 Å². The van der Waals surface area contributed by atoms with Gasteiger partial charge in [0.05, 0.1) is 0 Å². The van der Waals surface area contributed by atoms with Gasteiger partial charge in [-0.3, -0.25) is 4.79 Å². The molecular formula is C15H12N2O2. The van der Waals surface area contributed by atoms with E-state index in [0.29, 0.717) is 17.8 Å². The molecule has 0 atom stereocenters. The van der Waals surface area contributed by atoms with Gasteiger partial charge in [0.25, 0.3) is 5.91 Å². The van der Waals surface area contributed by atoms with E-state index in [1.54, 1.807) is 18.3 Å². The Labute approximate surface area is 110 Å². The first-order valence-electron chi connectivity index (χ1n) is 5.99. The summed E-state index contributed by atoms with van der Waals surface area (Å²) in [6.07, 6.45) is 4.18. The van der Waals surface area contributed by atoms with E-state index in [-0.39, 0.29) is 11.7 Å². The molecule has 0 unspecified atom stereocenters. The molecule has 0 aliphatic carbocycles. The molecule has 0 bridgehead atoms. The number of fused-ring (bicyclic) bond motifs is 1. The summed E-state index contributed by atoms with van der Waals surface area (Å²) in [6.45, 7) is 0. The van der Waals surface area contributed by atoms with Gasteiger partial charge in [0.2, 0.25) is 0 Å². The first-order chi connectivity index (χ1) is 9.24. The van der Waals surface area contributed by atoms with E-state index in [0.717, 1.165) is 11.1 Å². The van der Waals surface area contributed by atoms with Crippen molar-refractivity contribution >= 4 is 17.3 Å². The van der Waals surface area contributed by atoms with Gasteiger partial charge < -0.3 is 10.4 Å². The zero-order chi connectivity index (χ0) is 13.2. The maximum atomic E-state index is 11.8. The number of aromatic nitrogens is 1. The summed E-state index contributed by atoms with van der Waals surface area (Å²) in [4.78, 5) is 16.0. The number of anilines is 1. The molecule has 3 rings (SSSR count). The van der Waals surface area contributed by atoms with Crippen LogP contribution in [0.4, 0.5) is 5.82 Å². The Balaban J connectivity index is 1.88. The Morgan fingerprint density at radius 1 is 1.21 bits per heavy atom. The van der Waals surface area contributed by atoms with Gasteiger partial charge in [-0.05, 0) is 36.2 Å². The number of hydrogen-bond donors (Lipinski definition) is 2. The van der Waals surface area contributed by atoms with Crippen molar-refractivity contribution in [1.82, 2.24) is 4.98 Å². The number of carbonyl (C=O) groups is 1. The number of rotatable bonds is 2. The van der Waals surface area contributed by atoms with E-state index in [2.05, 4.69) is 10.3 Å². The third-order valence-electron chi connectivity index (χ3n) is 3.05. The molecule has 1 aliphatic heterocycles. The lowest BCUT2D eigenvalue weighted by atomic mass is 10.1. The quantitative estimate of drug-likeness (QED) is 0.806. The number of phenolic OH excluding ortho intramolecular Hbond substituents is 1. The van der Waals surface area contributed by atoms with E-state index in [1.165, 1.54) is 0 Å². The highest BCUT2D eigenvalue weighted by molar-refractivity contribution is 6.31. The van der Waals surface area contributed by atoms with Gasteiger partial charge in [0.15, 0.2) is 0 Å². The highest BCUT2D eigenvalue weighted by atomic mass is 16.3. The average molecular weight is 252 g/mol. The summed E-state index contributed by atoms with van der Waals surface area (Å²) in [5.74, 6) is 0.737. The smallest absolute Gasteiger partial charge is 0.257 e. The summed E-state index contributed by atoms with van der Waals surface area (Å²) in [6, 6.07) is 10.6. The Bertz CT molecular complexity index is 660. The second-order valence-corrected chi connectivity index (χ2v) is 4.34. The number of pyridine rings is 1. The summed E-state index contributed by atoms with van der Waals surface area (Å²) in [7, 11) is 0. The number of carbonyl (C=O) groups excluding carboxylic acids is 1. The maximum absolute atomic E-state index is 11.8. The number of aromatic hydroxyl groups is 1. The molecule has 2 N–H and O–H groups in total. The van der Waals surface area contributed by atoms with E-state index in [4.69, 9.17) is 0 Å². The molecule has 2 heterocycles. The fourth-order valence-electron chi connectivity index (χ4n) is 2.07. The number of allylic oxidation sites excluding steroid dienone is 1. The van der Waals surface area contributed by atoms with Crippen LogP contribution < -0.4 is 5.32 Å². The first-order valence-corrected chi connectivity index (χ1v) is 5.99. The fraction of sp³-hybridized carbons (Fsp3) is 0.0667. The number of hydrogen-bond acceptors (Lipinski definition) is 3. The van der Waals surface area contributed by atoms with Crippen molar-refractivity contribution in [3.05, 3.63) is 59.8 Å². The minimum absolute atomic E-state index is 0.118. The molecule has 0 radical (unpaired) electrons. The predicted octanol–water partition coefficient (Wildman–Crippen LogP) is 2.37. The Kier molecular flexibility index (Phi) is 2.76. The van der Waals surface area contributed by atoms with Gasteiger partial charge in [-0.25, -0.2) is 4.98 Å². The molecule has 0 saturated heterocycles. The third-order valence-corrected chi connectivity index (χ3v) is 3.05. The van der Waals surface area contributed by atoms with Crippen molar-refractivity contribution < 1.29 is 9.90 Å². The molecule has 0 saturated carbocycles. The highest BCUT2D eigenvalue weighted by Gasteiger charge is 2.24. The highest BCUT2D eigenvalue weighted by Crippen LogP contribution is 2.29. The number of benzene rings is 1. The number of phenols is 1. The number of nitrogens with zero attached hydrogens (tertiary/aromatic N) is 1. The first kappa shape index (κ1) is 11.5. The third kappa shape index (κ3) is 2.20. The van der Waals surface area contributed by atoms with Crippen molar-refractivity contribution in [3.63, 3.8) is 0 Å². The Morgan fingerprint density at radius 2 is 2.00 bits per heavy atom. The van der Waals surface area contributed by atoms with E-state index in [1.807, 2.05) is 30.3 Å². The summed E-state index contributed by atoms with van der Waals surface area (Å²) < 4.78 is 0. The average Bonchev–Trinajstić information content (AvgIpc) is 2.74. The van der Waals surface area contributed by atoms with Gasteiger partial charge in [-0.1, -0.05) is 18.2 Å². The van der Waals surface area contributed by atoms with Crippen LogP contribution in [0.5, 0.6) is 5.75 Å². The molecule has 1 aliphatic rings. The lowest BCUT2D eigenvalue weighted by molar-refractivity contribution is -0.110. The topological polar surface area (TPSA) is 62.2 Å². The van der Waals surface area contributed by atoms with Gasteiger partial charge in [-0.2, -0.15) is 0 Å². The number of nitrogens with one attached hydrogen (secondary N) is 1. The molecule has 4 nitrogen and oxygen atoms in total. The van der Waals surface area contributed by atoms with Gasteiger partial charge in [-0.15, -0.1) is 0 Å². The van der Waals surface area contributed by atoms with Crippen molar-refractivity contribution in [2.75, 3.05) is 5.32 Å². The number of amides is 1. The summed E-state index contributed by atoms with van der Waals surface area (Å²) in [5.41, 5.74) is 2.53. The van der Waals surface area contributed by atoms with Gasteiger partial charge >= 0.3 is 0 Å². The van der Waals surface area contributed by atoms with Crippen molar-refractivity contribution in [2.24, 2.45) is 0 Å². The Hall–Kier alpha value is -2.62. The predicted molar refractivity (Wildman–Crippen MR) is 72.7 cm³/mol. The van der Waals surface area contributed by atoms with Crippen molar-refractivity contribution in [2.45, 2.75) is 6.42 Å². The summed E-state index contributed by atoms with van der Waals surface area (Å²) in [5, 5.41) is 12.0. The molecule has 94 valence electrons. The molecule has 0 spiro atoms. The van der Waals surface area contributed by atoms with Crippen LogP contribution in [0.25, 0.3) is 5.57 Å². The zero-order valence-corrected chi connectivity index (χ0v) is 10.1. The molecule has 4 heteroatoms. The minimum atomic E-state index is -0.118. The zero-order valence-electron chi connectivity index (χ0n) is 10.1. The van der Waals surface area contributed by atoms with Crippen LogP contribution in [0.2, 0.25) is 0 Å². The molecule has 0 fully saturated rings. The maximum Gasteiger partial charge on any atom is 0.257 e. The standard InChI is InChI=1S/C15H12N2O2/c18-11-6-3-10(4-7-11)5-8-13-12-2-1-9-16-14(12)17-15(13)19/h1-4,6-9,18H,5H2,(H,16,17,19). The van der Waals surface area contributed by atoms with Crippen LogP contribution in [-0.2, 0) is 11.2 Å². The van der Waals surface area contributed by atoms with E-state index >= 15 is 0 Å². The molecule has 19 heavy (non-hydrogen) atoms. The fourth-order valence-corrected chi connectivity index (χ4v) is 2.07. The van der Waals surface area contributed by atoms with Crippen LogP contribution in [0.3, 0.4) is 0 Å². The second-order valence-electron chi connectivity index (χ2n) is 4.34. The summed E-state index contributed by atoms with van der Waals surface area (Å²) >= 11 is 0. The second kappa shape index (κ2) is 4.57. The molecule has 1 aromatic heterocycles. The van der Waals surface area contributed by atoms with Crippen LogP contribution in [-0.4, -0.2) is 16.0 Å². The van der Waals surface area contributed by atoms with Crippen LogP contribution >= 0.6 is 0 Å². The minimum Gasteiger partial charge on any atom is -0.508 e. The van der Waals surface area contributed by atoms with Crippen LogP contribution in [0.1, 0.15) is 11.1 Å². The van der Waals surface area contributed by atoms with Crippen molar-refractivity contribution in [3.8, 4) is 5.75 Å². The van der Waals surface area contributed by atoms with Crippen LogP contribution in [0.15, 0.2) is 48.7 Å². The normalized spacial score (nSPS) is 15.4. The largest absolute Gasteiger partial charge is 0.508 e. The molecular weight excluding hydrogens is 240 g/mol. The SMILES string of the molecule is O=C1Nc2ncccc2C1=CCc1ccc(O)cc1. The Morgan fingerprint density at radius 3 is 2.79 bits per heavy atom. The van der Waals surface area contributed by atoms with Crippen molar-refractivity contribution in [1.29, 1.82) is 0 Å². The monoisotopic (exact) mass is 252 g/mol. The lowest BCUT2D eigenvalue weighted by Gasteiger charge is -1.99. The van der Waals surface area contributed by atoms with Gasteiger partial charge in [0.1, 0.15) is 11.6 Å².